The van der Waals surface area contributed by atoms with E-state index in [1.165, 1.54) is 23.1 Å². The molecule has 8 heteroatoms. The van der Waals surface area contributed by atoms with Crippen LogP contribution in [0.15, 0.2) is 34.2 Å². The maximum Gasteiger partial charge on any atom is 0.262 e. The van der Waals surface area contributed by atoms with Gasteiger partial charge in [0.15, 0.2) is 5.16 Å². The van der Waals surface area contributed by atoms with Gasteiger partial charge in [0, 0.05) is 13.1 Å². The molecule has 3 rings (SSSR count). The second kappa shape index (κ2) is 7.10. The van der Waals surface area contributed by atoms with Crippen molar-refractivity contribution in [2.24, 2.45) is 0 Å². The van der Waals surface area contributed by atoms with Gasteiger partial charge in [-0.15, -0.1) is 10.2 Å². The van der Waals surface area contributed by atoms with Crippen molar-refractivity contribution in [2.45, 2.75) is 31.3 Å². The van der Waals surface area contributed by atoms with Crippen LogP contribution in [0, 0.1) is 0 Å². The van der Waals surface area contributed by atoms with E-state index >= 15 is 0 Å². The SMILES string of the molecule is CCNc1nnc(CSc2nc3ccccc3c(=O)n2CC)s1. The lowest BCUT2D eigenvalue weighted by atomic mass is 10.2. The fourth-order valence-electron chi connectivity index (χ4n) is 2.20. The van der Waals surface area contributed by atoms with Gasteiger partial charge < -0.3 is 5.32 Å². The molecule has 0 saturated carbocycles. The highest BCUT2D eigenvalue weighted by Gasteiger charge is 2.11. The number of hydrogen-bond acceptors (Lipinski definition) is 7. The Morgan fingerprint density at radius 3 is 2.87 bits per heavy atom. The summed E-state index contributed by atoms with van der Waals surface area (Å²) in [6, 6.07) is 7.45. The van der Waals surface area contributed by atoms with E-state index < -0.39 is 0 Å². The molecule has 120 valence electrons. The Morgan fingerprint density at radius 1 is 1.26 bits per heavy atom. The highest BCUT2D eigenvalue weighted by atomic mass is 32.2. The van der Waals surface area contributed by atoms with E-state index in [1.54, 1.807) is 4.57 Å². The number of para-hydroxylation sites is 1. The molecule has 1 aromatic carbocycles. The van der Waals surface area contributed by atoms with E-state index in [0.29, 0.717) is 17.7 Å². The van der Waals surface area contributed by atoms with Gasteiger partial charge in [-0.3, -0.25) is 9.36 Å². The zero-order chi connectivity index (χ0) is 16.2. The van der Waals surface area contributed by atoms with Crippen LogP contribution in [0.25, 0.3) is 10.9 Å². The first-order chi connectivity index (χ1) is 11.2. The largest absolute Gasteiger partial charge is 0.360 e. The van der Waals surface area contributed by atoms with Crippen LogP contribution >= 0.6 is 23.1 Å². The molecule has 23 heavy (non-hydrogen) atoms. The van der Waals surface area contributed by atoms with Gasteiger partial charge in [0.1, 0.15) is 5.01 Å². The Balaban J connectivity index is 1.88. The molecule has 0 spiro atoms. The Labute approximate surface area is 142 Å². The number of thioether (sulfide) groups is 1. The first-order valence-corrected chi connectivity index (χ1v) is 9.21. The lowest BCUT2D eigenvalue weighted by Gasteiger charge is -2.10. The lowest BCUT2D eigenvalue weighted by molar-refractivity contribution is 0.634. The summed E-state index contributed by atoms with van der Waals surface area (Å²) < 4.78 is 1.71. The second-order valence-corrected chi connectivity index (χ2v) is 6.79. The zero-order valence-corrected chi connectivity index (χ0v) is 14.6. The van der Waals surface area contributed by atoms with Crippen LogP contribution in [0.3, 0.4) is 0 Å². The number of nitrogens with zero attached hydrogens (tertiary/aromatic N) is 4. The van der Waals surface area contributed by atoms with E-state index in [4.69, 9.17) is 0 Å². The fourth-order valence-corrected chi connectivity index (χ4v) is 4.05. The third-order valence-corrected chi connectivity index (χ3v) is 5.31. The average Bonchev–Trinajstić information content (AvgIpc) is 3.01. The maximum atomic E-state index is 12.6. The molecular formula is C15H17N5OS2. The molecule has 3 aromatic rings. The number of anilines is 1. The molecule has 2 aromatic heterocycles. The van der Waals surface area contributed by atoms with Crippen molar-refractivity contribution in [1.29, 1.82) is 0 Å². The van der Waals surface area contributed by atoms with Crippen molar-refractivity contribution < 1.29 is 0 Å². The summed E-state index contributed by atoms with van der Waals surface area (Å²) in [7, 11) is 0. The van der Waals surface area contributed by atoms with Crippen LogP contribution in [-0.2, 0) is 12.3 Å². The molecule has 0 radical (unpaired) electrons. The maximum absolute atomic E-state index is 12.6. The van der Waals surface area contributed by atoms with Crippen molar-refractivity contribution in [2.75, 3.05) is 11.9 Å². The van der Waals surface area contributed by atoms with Crippen LogP contribution in [-0.4, -0.2) is 26.3 Å². The normalized spacial score (nSPS) is 11.0. The second-order valence-electron chi connectivity index (χ2n) is 4.78. The number of aromatic nitrogens is 4. The molecule has 0 saturated heterocycles. The van der Waals surface area contributed by atoms with Crippen molar-refractivity contribution in [1.82, 2.24) is 19.7 Å². The summed E-state index contributed by atoms with van der Waals surface area (Å²) in [5, 5.41) is 14.5. The van der Waals surface area contributed by atoms with E-state index in [0.717, 1.165) is 27.4 Å². The van der Waals surface area contributed by atoms with E-state index in [1.807, 2.05) is 38.1 Å². The molecule has 0 bridgehead atoms. The molecule has 2 heterocycles. The summed E-state index contributed by atoms with van der Waals surface area (Å²) in [6.45, 7) is 5.39. The molecule has 0 aliphatic rings. The Hall–Kier alpha value is -1.93. The summed E-state index contributed by atoms with van der Waals surface area (Å²) in [5.41, 5.74) is 0.738. The van der Waals surface area contributed by atoms with Crippen molar-refractivity contribution in [3.63, 3.8) is 0 Å². The molecule has 0 aliphatic carbocycles. The monoisotopic (exact) mass is 347 g/mol. The first kappa shape index (κ1) is 15.9. The van der Waals surface area contributed by atoms with Gasteiger partial charge in [-0.1, -0.05) is 35.2 Å². The minimum atomic E-state index is 0.00574. The fraction of sp³-hybridized carbons (Fsp3) is 0.333. The van der Waals surface area contributed by atoms with Crippen LogP contribution in [0.2, 0.25) is 0 Å². The number of nitrogens with one attached hydrogen (secondary N) is 1. The predicted molar refractivity (Wildman–Crippen MR) is 95.3 cm³/mol. The molecule has 0 fully saturated rings. The van der Waals surface area contributed by atoms with Crippen molar-refractivity contribution >= 4 is 39.1 Å². The third-order valence-electron chi connectivity index (χ3n) is 3.26. The summed E-state index contributed by atoms with van der Waals surface area (Å²) >= 11 is 3.05. The van der Waals surface area contributed by atoms with Crippen LogP contribution in [0.1, 0.15) is 18.9 Å². The van der Waals surface area contributed by atoms with Gasteiger partial charge in [-0.2, -0.15) is 0 Å². The number of rotatable bonds is 6. The minimum absolute atomic E-state index is 0.00574. The molecule has 0 aliphatic heterocycles. The number of hydrogen-bond donors (Lipinski definition) is 1. The Morgan fingerprint density at radius 2 is 2.09 bits per heavy atom. The lowest BCUT2D eigenvalue weighted by Crippen LogP contribution is -2.22. The van der Waals surface area contributed by atoms with Crippen LogP contribution in [0.5, 0.6) is 0 Å². The highest BCUT2D eigenvalue weighted by molar-refractivity contribution is 7.98. The van der Waals surface area contributed by atoms with Gasteiger partial charge >= 0.3 is 0 Å². The Kier molecular flexibility index (Phi) is 4.92. The molecule has 0 amide bonds. The molecular weight excluding hydrogens is 330 g/mol. The third kappa shape index (κ3) is 3.37. The van der Waals surface area contributed by atoms with E-state index in [9.17, 15) is 4.79 Å². The summed E-state index contributed by atoms with van der Waals surface area (Å²) in [6.07, 6.45) is 0. The van der Waals surface area contributed by atoms with E-state index in [-0.39, 0.29) is 5.56 Å². The highest BCUT2D eigenvalue weighted by Crippen LogP contribution is 2.25. The standard InChI is InChI=1S/C15H17N5OS2/c1-3-16-14-19-18-12(23-14)9-22-15-17-11-8-6-5-7-10(11)13(21)20(15)4-2/h5-8H,3-4,9H2,1-2H3,(H,16,19). The number of fused-ring (bicyclic) bond motifs is 1. The summed E-state index contributed by atoms with van der Waals surface area (Å²) in [5.74, 6) is 0.647. The van der Waals surface area contributed by atoms with Gasteiger partial charge in [0.25, 0.3) is 5.56 Å². The molecule has 0 unspecified atom stereocenters. The van der Waals surface area contributed by atoms with Crippen molar-refractivity contribution in [3.8, 4) is 0 Å². The number of benzene rings is 1. The van der Waals surface area contributed by atoms with Gasteiger partial charge in [0.2, 0.25) is 5.13 Å². The van der Waals surface area contributed by atoms with Crippen LogP contribution in [0.4, 0.5) is 5.13 Å². The molecule has 6 nitrogen and oxygen atoms in total. The van der Waals surface area contributed by atoms with Gasteiger partial charge in [-0.05, 0) is 26.0 Å². The van der Waals surface area contributed by atoms with Gasteiger partial charge in [-0.25, -0.2) is 4.98 Å². The smallest absolute Gasteiger partial charge is 0.262 e. The first-order valence-electron chi connectivity index (χ1n) is 7.41. The van der Waals surface area contributed by atoms with Gasteiger partial charge in [0.05, 0.1) is 16.7 Å². The quantitative estimate of drug-likeness (QED) is 0.546. The Bertz CT molecular complexity index is 874. The molecule has 1 N–H and O–H groups in total. The topological polar surface area (TPSA) is 72.7 Å². The zero-order valence-electron chi connectivity index (χ0n) is 12.9. The predicted octanol–water partition coefficient (Wildman–Crippen LogP) is 2.99. The van der Waals surface area contributed by atoms with E-state index in [2.05, 4.69) is 20.5 Å². The van der Waals surface area contributed by atoms with Crippen molar-refractivity contribution in [3.05, 3.63) is 39.6 Å². The average molecular weight is 347 g/mol. The summed E-state index contributed by atoms with van der Waals surface area (Å²) in [4.78, 5) is 17.2. The molecule has 0 atom stereocenters. The van der Waals surface area contributed by atoms with Crippen LogP contribution < -0.4 is 10.9 Å². The minimum Gasteiger partial charge on any atom is -0.360 e.